The van der Waals surface area contributed by atoms with E-state index in [-0.39, 0.29) is 16.8 Å². The summed E-state index contributed by atoms with van der Waals surface area (Å²) in [5.41, 5.74) is 3.59. The summed E-state index contributed by atoms with van der Waals surface area (Å²) in [5, 5.41) is 5.11. The van der Waals surface area contributed by atoms with E-state index in [4.69, 9.17) is 0 Å². The van der Waals surface area contributed by atoms with Gasteiger partial charge in [0.1, 0.15) is 0 Å². The van der Waals surface area contributed by atoms with Crippen LogP contribution in [-0.4, -0.2) is 10.7 Å². The van der Waals surface area contributed by atoms with Gasteiger partial charge in [-0.05, 0) is 41.5 Å². The van der Waals surface area contributed by atoms with Crippen LogP contribution in [0, 0.1) is 6.92 Å². The molecule has 0 saturated carbocycles. The minimum Gasteiger partial charge on any atom is -0.343 e. The Morgan fingerprint density at radius 3 is 2.89 bits per heavy atom. The van der Waals surface area contributed by atoms with Gasteiger partial charge in [0.15, 0.2) is 0 Å². The number of nitrogens with one attached hydrogen (secondary N) is 1. The monoisotopic (exact) mass is 335 g/mol. The number of fused-ring (bicyclic) bond motifs is 1. The van der Waals surface area contributed by atoms with Crippen LogP contribution in [0.15, 0.2) is 35.7 Å². The maximum atomic E-state index is 12.3. The summed E-state index contributed by atoms with van der Waals surface area (Å²) in [5.74, 6) is 0.0265. The normalized spacial score (nSPS) is 21.2. The highest BCUT2D eigenvalue weighted by atomic mass is 79.9. The van der Waals surface area contributed by atoms with Crippen molar-refractivity contribution in [3.05, 3.63) is 57.3 Å². The number of thiophene rings is 1. The van der Waals surface area contributed by atoms with Crippen LogP contribution in [0.3, 0.4) is 0 Å². The zero-order chi connectivity index (χ0) is 13.4. The Bertz CT molecular complexity index is 622. The molecule has 1 aliphatic rings. The van der Waals surface area contributed by atoms with Crippen LogP contribution >= 0.6 is 27.3 Å². The molecule has 1 aliphatic carbocycles. The van der Waals surface area contributed by atoms with Gasteiger partial charge in [0.05, 0.1) is 10.9 Å². The Hall–Kier alpha value is -1.13. The number of carbonyl (C=O) groups excluding carboxylic acids is 1. The van der Waals surface area contributed by atoms with E-state index in [2.05, 4.69) is 33.4 Å². The highest BCUT2D eigenvalue weighted by Crippen LogP contribution is 2.36. The first-order chi connectivity index (χ1) is 9.16. The van der Waals surface area contributed by atoms with Crippen molar-refractivity contribution >= 4 is 33.2 Å². The largest absolute Gasteiger partial charge is 0.343 e. The Balaban J connectivity index is 1.84. The fraction of sp³-hybridized carbons (Fsp3) is 0.267. The molecule has 0 aliphatic heterocycles. The second kappa shape index (κ2) is 5.10. The molecule has 4 heteroatoms. The van der Waals surface area contributed by atoms with Crippen molar-refractivity contribution in [2.45, 2.75) is 24.2 Å². The standard InChI is InChI=1S/C15H14BrNOS/c1-9-6-7-19-14(9)15(18)17-13-11-5-3-2-4-10(11)8-12(13)16/h2-7,12-13H,8H2,1H3,(H,17,18). The molecule has 2 unspecified atom stereocenters. The summed E-state index contributed by atoms with van der Waals surface area (Å²) in [6, 6.07) is 10.3. The third-order valence-corrected chi connectivity index (χ3v) is 5.39. The molecular weight excluding hydrogens is 322 g/mol. The Labute approximate surface area is 125 Å². The molecule has 1 N–H and O–H groups in total. The molecule has 3 rings (SSSR count). The minimum atomic E-state index is 0.0265. The van der Waals surface area contributed by atoms with E-state index < -0.39 is 0 Å². The zero-order valence-corrected chi connectivity index (χ0v) is 12.9. The van der Waals surface area contributed by atoms with Crippen LogP contribution in [0.1, 0.15) is 32.4 Å². The highest BCUT2D eigenvalue weighted by molar-refractivity contribution is 9.09. The van der Waals surface area contributed by atoms with Crippen LogP contribution in [0.2, 0.25) is 0 Å². The third kappa shape index (κ3) is 2.35. The number of halogens is 1. The van der Waals surface area contributed by atoms with E-state index >= 15 is 0 Å². The number of hydrogen-bond donors (Lipinski definition) is 1. The molecule has 1 amide bonds. The van der Waals surface area contributed by atoms with Gasteiger partial charge in [-0.2, -0.15) is 0 Å². The first kappa shape index (κ1) is 12.9. The van der Waals surface area contributed by atoms with Crippen molar-refractivity contribution in [3.63, 3.8) is 0 Å². The van der Waals surface area contributed by atoms with E-state index in [1.807, 2.05) is 30.5 Å². The summed E-state index contributed by atoms with van der Waals surface area (Å²) in [6.07, 6.45) is 0.963. The first-order valence-electron chi connectivity index (χ1n) is 6.23. The van der Waals surface area contributed by atoms with Gasteiger partial charge in [0.2, 0.25) is 0 Å². The maximum absolute atomic E-state index is 12.3. The molecule has 0 saturated heterocycles. The number of hydrogen-bond acceptors (Lipinski definition) is 2. The van der Waals surface area contributed by atoms with Crippen LogP contribution < -0.4 is 5.32 Å². The third-order valence-electron chi connectivity index (χ3n) is 3.52. The number of alkyl halides is 1. The molecule has 1 heterocycles. The molecule has 0 bridgehead atoms. The van der Waals surface area contributed by atoms with E-state index in [0.29, 0.717) is 0 Å². The van der Waals surface area contributed by atoms with Gasteiger partial charge in [0, 0.05) is 4.83 Å². The molecule has 1 aromatic carbocycles. The molecule has 1 aromatic heterocycles. The van der Waals surface area contributed by atoms with Gasteiger partial charge in [-0.25, -0.2) is 0 Å². The van der Waals surface area contributed by atoms with Gasteiger partial charge in [-0.3, -0.25) is 4.79 Å². The maximum Gasteiger partial charge on any atom is 0.262 e. The molecule has 0 fully saturated rings. The fourth-order valence-corrected chi connectivity index (χ4v) is 4.12. The van der Waals surface area contributed by atoms with Gasteiger partial charge in [0.25, 0.3) is 5.91 Å². The van der Waals surface area contributed by atoms with E-state index in [9.17, 15) is 4.79 Å². The lowest BCUT2D eigenvalue weighted by Gasteiger charge is -2.17. The average Bonchev–Trinajstić information content (AvgIpc) is 2.94. The molecule has 0 radical (unpaired) electrons. The smallest absolute Gasteiger partial charge is 0.262 e. The van der Waals surface area contributed by atoms with Gasteiger partial charge in [-0.15, -0.1) is 11.3 Å². The van der Waals surface area contributed by atoms with Crippen LogP contribution in [0.5, 0.6) is 0 Å². The van der Waals surface area contributed by atoms with Crippen molar-refractivity contribution in [2.75, 3.05) is 0 Å². The van der Waals surface area contributed by atoms with E-state index in [1.165, 1.54) is 22.5 Å². The van der Waals surface area contributed by atoms with Crippen molar-refractivity contribution in [2.24, 2.45) is 0 Å². The predicted molar refractivity (Wildman–Crippen MR) is 82.1 cm³/mol. The highest BCUT2D eigenvalue weighted by Gasteiger charge is 2.32. The lowest BCUT2D eigenvalue weighted by Crippen LogP contribution is -2.31. The lowest BCUT2D eigenvalue weighted by molar-refractivity contribution is 0.0941. The quantitative estimate of drug-likeness (QED) is 0.830. The van der Waals surface area contributed by atoms with Crippen molar-refractivity contribution in [1.82, 2.24) is 5.32 Å². The SMILES string of the molecule is Cc1ccsc1C(=O)NC1c2ccccc2CC1Br. The molecule has 2 atom stereocenters. The topological polar surface area (TPSA) is 29.1 Å². The summed E-state index contributed by atoms with van der Waals surface area (Å²) in [4.78, 5) is 13.4. The van der Waals surface area contributed by atoms with E-state index in [0.717, 1.165) is 16.9 Å². The van der Waals surface area contributed by atoms with E-state index in [1.54, 1.807) is 0 Å². The summed E-state index contributed by atoms with van der Waals surface area (Å²) >= 11 is 5.18. The van der Waals surface area contributed by atoms with Crippen LogP contribution in [0.25, 0.3) is 0 Å². The second-order valence-corrected chi connectivity index (χ2v) is 6.90. The van der Waals surface area contributed by atoms with Gasteiger partial charge in [-0.1, -0.05) is 40.2 Å². The number of amides is 1. The first-order valence-corrected chi connectivity index (χ1v) is 8.03. The average molecular weight is 336 g/mol. The zero-order valence-electron chi connectivity index (χ0n) is 10.5. The van der Waals surface area contributed by atoms with Crippen LogP contribution in [0.4, 0.5) is 0 Å². The Kier molecular flexibility index (Phi) is 3.46. The molecule has 2 aromatic rings. The lowest BCUT2D eigenvalue weighted by atomic mass is 10.1. The van der Waals surface area contributed by atoms with Crippen LogP contribution in [-0.2, 0) is 6.42 Å². The fourth-order valence-electron chi connectivity index (χ4n) is 2.53. The molecule has 0 spiro atoms. The summed E-state index contributed by atoms with van der Waals surface area (Å²) < 4.78 is 0. The Morgan fingerprint density at radius 2 is 2.16 bits per heavy atom. The number of rotatable bonds is 2. The molecule has 19 heavy (non-hydrogen) atoms. The summed E-state index contributed by atoms with van der Waals surface area (Å²) in [7, 11) is 0. The number of aryl methyl sites for hydroxylation is 1. The van der Waals surface area contributed by atoms with Gasteiger partial charge < -0.3 is 5.32 Å². The predicted octanol–water partition coefficient (Wildman–Crippen LogP) is 3.85. The Morgan fingerprint density at radius 1 is 1.37 bits per heavy atom. The van der Waals surface area contributed by atoms with Crippen molar-refractivity contribution in [3.8, 4) is 0 Å². The number of benzene rings is 1. The second-order valence-electron chi connectivity index (χ2n) is 4.80. The molecular formula is C15H14BrNOS. The number of carbonyl (C=O) groups is 1. The summed E-state index contributed by atoms with van der Waals surface area (Å²) in [6.45, 7) is 1.97. The molecule has 98 valence electrons. The molecule has 2 nitrogen and oxygen atoms in total. The van der Waals surface area contributed by atoms with Gasteiger partial charge >= 0.3 is 0 Å². The van der Waals surface area contributed by atoms with Crippen molar-refractivity contribution < 1.29 is 4.79 Å². The van der Waals surface area contributed by atoms with Crippen molar-refractivity contribution in [1.29, 1.82) is 0 Å². The minimum absolute atomic E-state index is 0.0265.